The van der Waals surface area contributed by atoms with Gasteiger partial charge in [0.25, 0.3) is 0 Å². The molecule has 1 heterocycles. The second kappa shape index (κ2) is 5.69. The topological polar surface area (TPSA) is 62.2 Å². The van der Waals surface area contributed by atoms with Crippen LogP contribution in [0.1, 0.15) is 40.3 Å². The van der Waals surface area contributed by atoms with E-state index in [0.717, 1.165) is 11.7 Å². The van der Waals surface area contributed by atoms with Crippen molar-refractivity contribution in [1.29, 1.82) is 0 Å². The van der Waals surface area contributed by atoms with E-state index in [1.54, 1.807) is 13.8 Å². The lowest BCUT2D eigenvalue weighted by Gasteiger charge is -2.16. The molecule has 18 heavy (non-hydrogen) atoms. The van der Waals surface area contributed by atoms with Crippen molar-refractivity contribution in [2.45, 2.75) is 40.0 Å². The van der Waals surface area contributed by atoms with Gasteiger partial charge in [0.15, 0.2) is 5.13 Å². The molecule has 0 spiro atoms. The Labute approximate surface area is 112 Å². The van der Waals surface area contributed by atoms with E-state index in [0.29, 0.717) is 17.5 Å². The van der Waals surface area contributed by atoms with Gasteiger partial charge >= 0.3 is 5.97 Å². The molecular weight excluding hydrogens is 248 g/mol. The summed E-state index contributed by atoms with van der Waals surface area (Å²) in [5, 5.41) is 15.0. The summed E-state index contributed by atoms with van der Waals surface area (Å²) >= 11 is 1.46. The largest absolute Gasteiger partial charge is 0.481 e. The van der Waals surface area contributed by atoms with Gasteiger partial charge in [0.1, 0.15) is 5.41 Å². The van der Waals surface area contributed by atoms with Gasteiger partial charge in [-0.25, -0.2) is 4.98 Å². The maximum atomic E-state index is 11.1. The van der Waals surface area contributed by atoms with Crippen molar-refractivity contribution >= 4 is 22.4 Å². The summed E-state index contributed by atoms with van der Waals surface area (Å²) in [4.78, 5) is 15.5. The fourth-order valence-corrected chi connectivity index (χ4v) is 2.12. The van der Waals surface area contributed by atoms with Crippen LogP contribution in [0.3, 0.4) is 0 Å². The Morgan fingerprint density at radius 1 is 1.50 bits per heavy atom. The van der Waals surface area contributed by atoms with Gasteiger partial charge in [0, 0.05) is 11.9 Å². The second-order valence-electron chi connectivity index (χ2n) is 5.57. The first-order valence-electron chi connectivity index (χ1n) is 6.18. The van der Waals surface area contributed by atoms with E-state index < -0.39 is 11.4 Å². The second-order valence-corrected chi connectivity index (χ2v) is 6.43. The highest BCUT2D eigenvalue weighted by Crippen LogP contribution is 2.27. The van der Waals surface area contributed by atoms with E-state index in [-0.39, 0.29) is 0 Å². The van der Waals surface area contributed by atoms with E-state index in [4.69, 9.17) is 5.11 Å². The zero-order valence-electron chi connectivity index (χ0n) is 11.7. The van der Waals surface area contributed by atoms with Gasteiger partial charge in [-0.1, -0.05) is 20.8 Å². The van der Waals surface area contributed by atoms with Crippen LogP contribution in [0.15, 0.2) is 5.38 Å². The molecule has 0 aliphatic rings. The molecule has 2 N–H and O–H groups in total. The van der Waals surface area contributed by atoms with Crippen LogP contribution >= 0.6 is 11.3 Å². The van der Waals surface area contributed by atoms with Crippen LogP contribution in [0.25, 0.3) is 0 Å². The van der Waals surface area contributed by atoms with Crippen LogP contribution in [0.4, 0.5) is 5.13 Å². The molecule has 0 radical (unpaired) electrons. The summed E-state index contributed by atoms with van der Waals surface area (Å²) < 4.78 is 0. The number of nitrogens with one attached hydrogen (secondary N) is 1. The highest BCUT2D eigenvalue weighted by molar-refractivity contribution is 7.13. The normalized spacial score (nSPS) is 13.7. The average Bonchev–Trinajstić information content (AvgIpc) is 2.74. The summed E-state index contributed by atoms with van der Waals surface area (Å²) in [5.74, 6) is 0.326. The first-order chi connectivity index (χ1) is 8.25. The van der Waals surface area contributed by atoms with Crippen molar-refractivity contribution in [2.75, 3.05) is 11.9 Å². The molecule has 0 fully saturated rings. The van der Waals surface area contributed by atoms with Gasteiger partial charge in [-0.2, -0.15) is 0 Å². The smallest absolute Gasteiger partial charge is 0.315 e. The standard InChI is InChI=1S/C13H22N2O2S/c1-8(2)9(3)6-14-12-15-10(7-18-12)13(4,5)11(16)17/h7-9H,6H2,1-5H3,(H,14,15)(H,16,17). The van der Waals surface area contributed by atoms with Crippen molar-refractivity contribution < 1.29 is 9.90 Å². The minimum absolute atomic E-state index is 0.560. The fourth-order valence-electron chi connectivity index (χ4n) is 1.24. The Kier molecular flexibility index (Phi) is 4.73. The molecule has 0 bridgehead atoms. The van der Waals surface area contributed by atoms with Crippen LogP contribution in [-0.2, 0) is 10.2 Å². The molecule has 0 aliphatic heterocycles. The number of hydrogen-bond donors (Lipinski definition) is 2. The third-order valence-corrected chi connectivity index (χ3v) is 4.19. The Balaban J connectivity index is 2.67. The molecule has 1 unspecified atom stereocenters. The Bertz CT molecular complexity index is 413. The van der Waals surface area contributed by atoms with Crippen molar-refractivity contribution in [3.63, 3.8) is 0 Å². The lowest BCUT2D eigenvalue weighted by molar-refractivity contribution is -0.142. The third-order valence-electron chi connectivity index (χ3n) is 3.39. The predicted octanol–water partition coefficient (Wildman–Crippen LogP) is 3.21. The molecule has 5 heteroatoms. The van der Waals surface area contributed by atoms with E-state index in [1.807, 2.05) is 5.38 Å². The molecule has 1 rings (SSSR count). The van der Waals surface area contributed by atoms with Crippen LogP contribution < -0.4 is 5.32 Å². The van der Waals surface area contributed by atoms with Crippen LogP contribution in [0, 0.1) is 11.8 Å². The van der Waals surface area contributed by atoms with Crippen LogP contribution in [0.5, 0.6) is 0 Å². The number of carbonyl (C=O) groups is 1. The van der Waals surface area contributed by atoms with Gasteiger partial charge < -0.3 is 10.4 Å². The third kappa shape index (κ3) is 3.45. The summed E-state index contributed by atoms with van der Waals surface area (Å²) in [6, 6.07) is 0. The Hall–Kier alpha value is -1.10. The molecule has 1 aromatic heterocycles. The van der Waals surface area contributed by atoms with Crippen molar-refractivity contribution in [3.05, 3.63) is 11.1 Å². The highest BCUT2D eigenvalue weighted by Gasteiger charge is 2.32. The van der Waals surface area contributed by atoms with Crippen molar-refractivity contribution in [2.24, 2.45) is 11.8 Å². The molecule has 1 atom stereocenters. The maximum absolute atomic E-state index is 11.1. The summed E-state index contributed by atoms with van der Waals surface area (Å²) in [6.45, 7) is 10.8. The minimum Gasteiger partial charge on any atom is -0.481 e. The number of hydrogen-bond acceptors (Lipinski definition) is 4. The van der Waals surface area contributed by atoms with Gasteiger partial charge in [-0.05, 0) is 25.7 Å². The summed E-state index contributed by atoms with van der Waals surface area (Å²) in [6.07, 6.45) is 0. The van der Waals surface area contributed by atoms with Gasteiger partial charge in [0.05, 0.1) is 5.69 Å². The molecule has 0 aromatic carbocycles. The summed E-state index contributed by atoms with van der Waals surface area (Å²) in [5.41, 5.74) is -0.320. The van der Waals surface area contributed by atoms with Crippen molar-refractivity contribution in [1.82, 2.24) is 4.98 Å². The minimum atomic E-state index is -0.930. The van der Waals surface area contributed by atoms with E-state index >= 15 is 0 Å². The van der Waals surface area contributed by atoms with E-state index in [2.05, 4.69) is 31.1 Å². The number of aromatic nitrogens is 1. The first-order valence-corrected chi connectivity index (χ1v) is 7.06. The maximum Gasteiger partial charge on any atom is 0.315 e. The Morgan fingerprint density at radius 2 is 2.11 bits per heavy atom. The van der Waals surface area contributed by atoms with E-state index in [1.165, 1.54) is 11.3 Å². The van der Waals surface area contributed by atoms with Crippen LogP contribution in [-0.4, -0.2) is 22.6 Å². The summed E-state index contributed by atoms with van der Waals surface area (Å²) in [7, 11) is 0. The SMILES string of the molecule is CC(C)C(C)CNc1nc(C(C)(C)C(=O)O)cs1. The average molecular weight is 270 g/mol. The zero-order valence-corrected chi connectivity index (χ0v) is 12.5. The zero-order chi connectivity index (χ0) is 13.9. The fraction of sp³-hybridized carbons (Fsp3) is 0.692. The molecule has 1 aromatic rings. The molecular formula is C13H22N2O2S. The number of carboxylic acids is 1. The van der Waals surface area contributed by atoms with Crippen LogP contribution in [0.2, 0.25) is 0 Å². The molecule has 102 valence electrons. The number of rotatable bonds is 6. The van der Waals surface area contributed by atoms with Gasteiger partial charge in [0.2, 0.25) is 0 Å². The Morgan fingerprint density at radius 3 is 2.61 bits per heavy atom. The van der Waals surface area contributed by atoms with Gasteiger partial charge in [-0.15, -0.1) is 11.3 Å². The van der Waals surface area contributed by atoms with Gasteiger partial charge in [-0.3, -0.25) is 4.79 Å². The number of nitrogens with zero attached hydrogens (tertiary/aromatic N) is 1. The number of thiazole rings is 1. The lowest BCUT2D eigenvalue weighted by Crippen LogP contribution is -2.28. The predicted molar refractivity (Wildman–Crippen MR) is 75.3 cm³/mol. The first kappa shape index (κ1) is 15.0. The highest BCUT2D eigenvalue weighted by atomic mass is 32.1. The molecule has 0 saturated carbocycles. The lowest BCUT2D eigenvalue weighted by atomic mass is 9.90. The molecule has 0 aliphatic carbocycles. The number of aliphatic carboxylic acids is 1. The monoisotopic (exact) mass is 270 g/mol. The van der Waals surface area contributed by atoms with E-state index in [9.17, 15) is 4.79 Å². The number of anilines is 1. The van der Waals surface area contributed by atoms with Crippen molar-refractivity contribution in [3.8, 4) is 0 Å². The molecule has 0 saturated heterocycles. The quantitative estimate of drug-likeness (QED) is 0.833. The molecule has 4 nitrogen and oxygen atoms in total. The molecule has 0 amide bonds. The number of carboxylic acid groups (broad SMARTS) is 1.